The van der Waals surface area contributed by atoms with Gasteiger partial charge in [-0.2, -0.15) is 0 Å². The molecule has 0 spiro atoms. The fraction of sp³-hybridized carbons (Fsp3) is 0.182. The minimum atomic E-state index is -0.337. The lowest BCUT2D eigenvalue weighted by molar-refractivity contribution is -0.127. The van der Waals surface area contributed by atoms with Gasteiger partial charge in [-0.1, -0.05) is 42.2 Å². The molecule has 0 aliphatic carbocycles. The monoisotopic (exact) mass is 266 g/mol. The summed E-state index contributed by atoms with van der Waals surface area (Å²) in [6, 6.07) is 8.69. The van der Waals surface area contributed by atoms with Crippen molar-refractivity contribution in [1.82, 2.24) is 10.4 Å². The molecule has 1 saturated heterocycles. The van der Waals surface area contributed by atoms with Crippen molar-refractivity contribution >= 4 is 40.1 Å². The molecule has 2 amide bonds. The van der Waals surface area contributed by atoms with Gasteiger partial charge < -0.3 is 0 Å². The SMILES string of the molecule is CC1SC(=S)N(NC(=O)c2ccccc2)C1=O. The molecule has 17 heavy (non-hydrogen) atoms. The number of hydrogen-bond acceptors (Lipinski definition) is 4. The Balaban J connectivity index is 2.10. The molecular weight excluding hydrogens is 256 g/mol. The molecule has 2 rings (SSSR count). The van der Waals surface area contributed by atoms with Gasteiger partial charge in [-0.05, 0) is 19.1 Å². The van der Waals surface area contributed by atoms with Crippen LogP contribution in [0.4, 0.5) is 0 Å². The Bertz CT molecular complexity index is 476. The first kappa shape index (κ1) is 12.1. The van der Waals surface area contributed by atoms with Crippen molar-refractivity contribution in [3.8, 4) is 0 Å². The Labute approximate surface area is 108 Å². The van der Waals surface area contributed by atoms with Gasteiger partial charge in [-0.15, -0.1) is 0 Å². The molecule has 0 radical (unpaired) electrons. The van der Waals surface area contributed by atoms with Crippen molar-refractivity contribution in [2.45, 2.75) is 12.2 Å². The Morgan fingerprint density at radius 1 is 1.41 bits per heavy atom. The topological polar surface area (TPSA) is 49.4 Å². The molecule has 0 bridgehead atoms. The maximum Gasteiger partial charge on any atom is 0.270 e. The Kier molecular flexibility index (Phi) is 3.44. The molecule has 1 heterocycles. The van der Waals surface area contributed by atoms with Crippen LogP contribution in [0.2, 0.25) is 0 Å². The van der Waals surface area contributed by atoms with E-state index < -0.39 is 0 Å². The quantitative estimate of drug-likeness (QED) is 0.826. The summed E-state index contributed by atoms with van der Waals surface area (Å²) in [5.74, 6) is -0.528. The summed E-state index contributed by atoms with van der Waals surface area (Å²) in [6.07, 6.45) is 0. The lowest BCUT2D eigenvalue weighted by atomic mass is 10.2. The molecule has 1 unspecified atom stereocenters. The number of hydrogen-bond donors (Lipinski definition) is 1. The first-order valence-corrected chi connectivity index (χ1v) is 6.29. The fourth-order valence-corrected chi connectivity index (χ4v) is 2.70. The average molecular weight is 266 g/mol. The third-order valence-corrected chi connectivity index (χ3v) is 3.69. The highest BCUT2D eigenvalue weighted by molar-refractivity contribution is 8.24. The first-order valence-electron chi connectivity index (χ1n) is 5.00. The van der Waals surface area contributed by atoms with E-state index in [1.165, 1.54) is 11.8 Å². The highest BCUT2D eigenvalue weighted by Crippen LogP contribution is 2.25. The number of rotatable bonds is 2. The summed E-state index contributed by atoms with van der Waals surface area (Å²) < 4.78 is 0.381. The molecule has 1 fully saturated rings. The van der Waals surface area contributed by atoms with Crippen LogP contribution in [0.15, 0.2) is 30.3 Å². The smallest absolute Gasteiger partial charge is 0.270 e. The lowest BCUT2D eigenvalue weighted by Gasteiger charge is -2.16. The number of thiocarbonyl (C=S) groups is 1. The zero-order valence-corrected chi connectivity index (χ0v) is 10.7. The van der Waals surface area contributed by atoms with E-state index in [4.69, 9.17) is 12.2 Å². The van der Waals surface area contributed by atoms with Gasteiger partial charge in [-0.3, -0.25) is 15.0 Å². The maximum absolute atomic E-state index is 11.8. The molecule has 0 saturated carbocycles. The van der Waals surface area contributed by atoms with Crippen molar-refractivity contribution in [2.75, 3.05) is 0 Å². The van der Waals surface area contributed by atoms with Gasteiger partial charge in [0.25, 0.3) is 11.8 Å². The number of carbonyl (C=O) groups excluding carboxylic acids is 2. The van der Waals surface area contributed by atoms with Crippen LogP contribution in [0.5, 0.6) is 0 Å². The van der Waals surface area contributed by atoms with Gasteiger partial charge in [-0.25, -0.2) is 5.01 Å². The highest BCUT2D eigenvalue weighted by atomic mass is 32.2. The first-order chi connectivity index (χ1) is 8.09. The standard InChI is InChI=1S/C11H10N2O2S2/c1-7-10(15)13(11(16)17-7)12-9(14)8-5-3-2-4-6-8/h2-7H,1H3,(H,12,14). The van der Waals surface area contributed by atoms with Crippen molar-refractivity contribution in [1.29, 1.82) is 0 Å². The molecular formula is C11H10N2O2S2. The second-order valence-electron chi connectivity index (χ2n) is 3.51. The van der Waals surface area contributed by atoms with Gasteiger partial charge in [0, 0.05) is 5.56 Å². The normalized spacial score (nSPS) is 19.6. The number of amides is 2. The van der Waals surface area contributed by atoms with E-state index >= 15 is 0 Å². The van der Waals surface area contributed by atoms with Crippen molar-refractivity contribution < 1.29 is 9.59 Å². The Morgan fingerprint density at radius 3 is 2.59 bits per heavy atom. The molecule has 88 valence electrons. The third kappa shape index (κ3) is 2.48. The summed E-state index contributed by atoms with van der Waals surface area (Å²) in [4.78, 5) is 23.5. The number of thioether (sulfide) groups is 1. The summed E-state index contributed by atoms with van der Waals surface area (Å²) in [7, 11) is 0. The van der Waals surface area contributed by atoms with E-state index in [0.717, 1.165) is 5.01 Å². The second kappa shape index (κ2) is 4.85. The van der Waals surface area contributed by atoms with E-state index in [1.807, 2.05) is 6.07 Å². The van der Waals surface area contributed by atoms with Crippen LogP contribution in [0, 0.1) is 0 Å². The number of nitrogens with one attached hydrogen (secondary N) is 1. The minimum Gasteiger partial charge on any atom is -0.271 e. The predicted octanol–water partition coefficient (Wildman–Crippen LogP) is 1.58. The van der Waals surface area contributed by atoms with E-state index in [0.29, 0.717) is 9.88 Å². The fourth-order valence-electron chi connectivity index (χ4n) is 1.38. The molecule has 1 aliphatic heterocycles. The van der Waals surface area contributed by atoms with Crippen LogP contribution in [0.25, 0.3) is 0 Å². The van der Waals surface area contributed by atoms with Crippen LogP contribution in [0.1, 0.15) is 17.3 Å². The van der Waals surface area contributed by atoms with E-state index in [2.05, 4.69) is 5.43 Å². The lowest BCUT2D eigenvalue weighted by Crippen LogP contribution is -2.45. The molecule has 1 aliphatic rings. The molecule has 1 aromatic rings. The molecule has 1 N–H and O–H groups in total. The summed E-state index contributed by atoms with van der Waals surface area (Å²) >= 11 is 6.28. The van der Waals surface area contributed by atoms with Gasteiger partial charge in [0.05, 0.1) is 5.25 Å². The zero-order chi connectivity index (χ0) is 12.4. The largest absolute Gasteiger partial charge is 0.271 e. The minimum absolute atomic E-state index is 0.190. The van der Waals surface area contributed by atoms with E-state index in [9.17, 15) is 9.59 Å². The second-order valence-corrected chi connectivity index (χ2v) is 5.48. The molecule has 0 aromatic heterocycles. The van der Waals surface area contributed by atoms with Crippen LogP contribution < -0.4 is 5.43 Å². The van der Waals surface area contributed by atoms with Crippen LogP contribution in [0.3, 0.4) is 0 Å². The van der Waals surface area contributed by atoms with Gasteiger partial charge in [0.15, 0.2) is 4.32 Å². The van der Waals surface area contributed by atoms with Crippen LogP contribution >= 0.6 is 24.0 Å². The predicted molar refractivity (Wildman–Crippen MR) is 70.4 cm³/mol. The zero-order valence-electron chi connectivity index (χ0n) is 9.04. The third-order valence-electron chi connectivity index (χ3n) is 2.28. The average Bonchev–Trinajstić information content (AvgIpc) is 2.57. The number of benzene rings is 1. The maximum atomic E-state index is 11.8. The number of hydrazine groups is 1. The molecule has 1 aromatic carbocycles. The van der Waals surface area contributed by atoms with E-state index in [1.54, 1.807) is 31.2 Å². The van der Waals surface area contributed by atoms with Gasteiger partial charge in [0.2, 0.25) is 0 Å². The highest BCUT2D eigenvalue weighted by Gasteiger charge is 2.35. The summed E-state index contributed by atoms with van der Waals surface area (Å²) in [5.41, 5.74) is 3.00. The van der Waals surface area contributed by atoms with Gasteiger partial charge >= 0.3 is 0 Å². The molecule has 1 atom stereocenters. The van der Waals surface area contributed by atoms with Crippen molar-refractivity contribution in [3.63, 3.8) is 0 Å². The summed E-state index contributed by atoms with van der Waals surface area (Å²) in [5, 5.41) is 0.901. The molecule has 6 heteroatoms. The number of nitrogens with zero attached hydrogens (tertiary/aromatic N) is 1. The van der Waals surface area contributed by atoms with Crippen molar-refractivity contribution in [2.24, 2.45) is 0 Å². The van der Waals surface area contributed by atoms with E-state index in [-0.39, 0.29) is 17.1 Å². The van der Waals surface area contributed by atoms with Crippen LogP contribution in [-0.2, 0) is 4.79 Å². The Morgan fingerprint density at radius 2 is 2.06 bits per heavy atom. The van der Waals surface area contributed by atoms with Gasteiger partial charge in [0.1, 0.15) is 0 Å². The summed E-state index contributed by atoms with van der Waals surface area (Å²) in [6.45, 7) is 1.76. The van der Waals surface area contributed by atoms with Crippen LogP contribution in [-0.4, -0.2) is 26.4 Å². The molecule has 4 nitrogen and oxygen atoms in total. The Hall–Kier alpha value is -1.40. The number of carbonyl (C=O) groups is 2. The van der Waals surface area contributed by atoms with Crippen molar-refractivity contribution in [3.05, 3.63) is 35.9 Å².